The number of benzene rings is 2. The zero-order valence-corrected chi connectivity index (χ0v) is 22.6. The monoisotopic (exact) mass is 526 g/mol. The van der Waals surface area contributed by atoms with E-state index < -0.39 is 11.6 Å². The van der Waals surface area contributed by atoms with Crippen molar-refractivity contribution in [3.63, 3.8) is 0 Å². The van der Waals surface area contributed by atoms with Crippen molar-refractivity contribution < 1.29 is 14.4 Å². The van der Waals surface area contributed by atoms with Crippen LogP contribution in [0.15, 0.2) is 54.6 Å². The fraction of sp³-hybridized carbons (Fsp3) is 0.483. The van der Waals surface area contributed by atoms with Gasteiger partial charge in [0.05, 0.1) is 11.5 Å². The number of hydrogen-bond donors (Lipinski definition) is 3. The van der Waals surface area contributed by atoms with E-state index in [4.69, 9.17) is 11.5 Å². The lowest BCUT2D eigenvalue weighted by atomic mass is 9.73. The molecule has 0 bridgehead atoms. The Morgan fingerprint density at radius 3 is 2.30 bits per heavy atom. The van der Waals surface area contributed by atoms with Crippen LogP contribution in [-0.4, -0.2) is 47.3 Å². The summed E-state index contributed by atoms with van der Waals surface area (Å²) < 4.78 is 0. The summed E-state index contributed by atoms with van der Waals surface area (Å²) in [6, 6.07) is 17.6. The fourth-order valence-electron chi connectivity index (χ4n) is 5.75. The van der Waals surface area contributed by atoms with Gasteiger partial charge in [0.2, 0.25) is 17.7 Å². The Morgan fingerprint density at radius 2 is 1.68 bits per heavy atom. The van der Waals surface area contributed by atoms with E-state index in [0.717, 1.165) is 31.2 Å². The second-order valence-corrected chi connectivity index (χ2v) is 11.0. The van der Waals surface area contributed by atoms with Crippen molar-refractivity contribution >= 4 is 30.1 Å². The van der Waals surface area contributed by atoms with Crippen LogP contribution in [0.25, 0.3) is 0 Å². The number of likely N-dealkylation sites (tertiary alicyclic amines) is 1. The molecule has 1 spiro atoms. The third-order valence-electron chi connectivity index (χ3n) is 7.87. The highest BCUT2D eigenvalue weighted by Crippen LogP contribution is 2.51. The normalized spacial score (nSPS) is 19.0. The van der Waals surface area contributed by atoms with Crippen LogP contribution in [0.2, 0.25) is 0 Å². The van der Waals surface area contributed by atoms with Crippen LogP contribution < -0.4 is 16.8 Å². The number of piperidine rings is 1. The predicted octanol–water partition coefficient (Wildman–Crippen LogP) is 3.19. The van der Waals surface area contributed by atoms with Gasteiger partial charge in [-0.1, -0.05) is 54.6 Å². The second-order valence-electron chi connectivity index (χ2n) is 11.0. The summed E-state index contributed by atoms with van der Waals surface area (Å²) in [4.78, 5) is 40.3. The van der Waals surface area contributed by atoms with Gasteiger partial charge in [0.15, 0.2) is 0 Å². The van der Waals surface area contributed by atoms with Crippen LogP contribution in [0, 0.1) is 0 Å². The fourth-order valence-corrected chi connectivity index (χ4v) is 5.75. The Balaban J connectivity index is 0.00000380. The molecule has 1 heterocycles. The minimum atomic E-state index is -1.07. The minimum absolute atomic E-state index is 0. The third kappa shape index (κ3) is 6.33. The zero-order valence-electron chi connectivity index (χ0n) is 21.7. The number of fused-ring (bicyclic) bond motifs is 2. The van der Waals surface area contributed by atoms with Gasteiger partial charge in [-0.2, -0.15) is 0 Å². The molecule has 1 saturated heterocycles. The molecule has 1 aliphatic heterocycles. The van der Waals surface area contributed by atoms with Crippen LogP contribution in [0.1, 0.15) is 68.6 Å². The average molecular weight is 527 g/mol. The van der Waals surface area contributed by atoms with Crippen LogP contribution in [0.3, 0.4) is 0 Å². The zero-order chi connectivity index (χ0) is 25.9. The molecule has 0 unspecified atom stereocenters. The predicted molar refractivity (Wildman–Crippen MR) is 147 cm³/mol. The largest absolute Gasteiger partial charge is 0.369 e. The van der Waals surface area contributed by atoms with Crippen molar-refractivity contribution in [3.05, 3.63) is 71.3 Å². The van der Waals surface area contributed by atoms with Gasteiger partial charge in [0.25, 0.3) is 0 Å². The summed E-state index contributed by atoms with van der Waals surface area (Å²) in [5.74, 6) is -0.958. The molecular formula is C29H39ClN4O3. The molecule has 7 nitrogen and oxygen atoms in total. The number of rotatable bonds is 8. The molecule has 2 aromatic rings. The number of carbonyl (C=O) groups excluding carboxylic acids is 3. The standard InChI is InChI=1S/C29H38N4O3.ClH/c1-28(2,31)27(36)32-24(14-8-11-20-9-4-3-5-10-20)26(35)33-17-15-29(16-18-33)19-22(25(30)34)21-12-6-7-13-23(21)29;/h3-7,9-10,12-13,22,24H,8,11,14-19,31H2,1-2H3,(H2,30,34)(H,32,36);1H/t22-,24+;/m0./s1. The molecule has 1 aliphatic carbocycles. The summed E-state index contributed by atoms with van der Waals surface area (Å²) in [7, 11) is 0. The number of halogens is 1. The topological polar surface area (TPSA) is 119 Å². The Morgan fingerprint density at radius 1 is 1.05 bits per heavy atom. The van der Waals surface area contributed by atoms with E-state index in [9.17, 15) is 14.4 Å². The molecule has 0 aromatic heterocycles. The van der Waals surface area contributed by atoms with Gasteiger partial charge in [0.1, 0.15) is 6.04 Å². The number of carbonyl (C=O) groups is 3. The van der Waals surface area contributed by atoms with Gasteiger partial charge in [-0.25, -0.2) is 0 Å². The van der Waals surface area contributed by atoms with Gasteiger partial charge in [-0.3, -0.25) is 14.4 Å². The molecule has 2 aromatic carbocycles. The third-order valence-corrected chi connectivity index (χ3v) is 7.87. The molecule has 2 atom stereocenters. The first-order valence-corrected chi connectivity index (χ1v) is 12.9. The van der Waals surface area contributed by atoms with E-state index in [1.54, 1.807) is 13.8 Å². The summed E-state index contributed by atoms with van der Waals surface area (Å²) in [5, 5.41) is 2.92. The molecule has 8 heteroatoms. The Hall–Kier alpha value is -2.90. The van der Waals surface area contributed by atoms with Gasteiger partial charge in [-0.15, -0.1) is 12.4 Å². The van der Waals surface area contributed by atoms with E-state index in [0.29, 0.717) is 25.9 Å². The summed E-state index contributed by atoms with van der Waals surface area (Å²) in [6.45, 7) is 4.45. The second kappa shape index (κ2) is 11.7. The van der Waals surface area contributed by atoms with Crippen LogP contribution >= 0.6 is 12.4 Å². The molecule has 1 fully saturated rings. The number of nitrogens with one attached hydrogen (secondary N) is 1. The van der Waals surface area contributed by atoms with Crippen molar-refractivity contribution in [2.75, 3.05) is 13.1 Å². The number of nitrogens with two attached hydrogens (primary N) is 2. The molecule has 0 saturated carbocycles. The van der Waals surface area contributed by atoms with Crippen LogP contribution in [0.5, 0.6) is 0 Å². The lowest BCUT2D eigenvalue weighted by Crippen LogP contribution is -2.57. The minimum Gasteiger partial charge on any atom is -0.369 e. The van der Waals surface area contributed by atoms with Crippen LogP contribution in [0.4, 0.5) is 0 Å². The van der Waals surface area contributed by atoms with Crippen molar-refractivity contribution in [3.8, 4) is 0 Å². The SMILES string of the molecule is CC(C)(N)C(=O)N[C@H](CCCc1ccccc1)C(=O)N1CCC2(CC1)C[C@H](C(N)=O)c1ccccc12.Cl. The quantitative estimate of drug-likeness (QED) is 0.489. The highest BCUT2D eigenvalue weighted by molar-refractivity contribution is 5.91. The van der Waals surface area contributed by atoms with Gasteiger partial charge in [-0.05, 0) is 69.1 Å². The highest BCUT2D eigenvalue weighted by atomic mass is 35.5. The molecule has 5 N–H and O–H groups in total. The van der Waals surface area contributed by atoms with E-state index >= 15 is 0 Å². The van der Waals surface area contributed by atoms with Gasteiger partial charge in [0, 0.05) is 18.5 Å². The van der Waals surface area contributed by atoms with Crippen molar-refractivity contribution in [1.82, 2.24) is 10.2 Å². The average Bonchev–Trinajstić information content (AvgIpc) is 3.18. The maximum absolute atomic E-state index is 13.6. The van der Waals surface area contributed by atoms with E-state index in [1.807, 2.05) is 41.3 Å². The maximum Gasteiger partial charge on any atom is 0.245 e. The number of nitrogens with zero attached hydrogens (tertiary/aromatic N) is 1. The van der Waals surface area contributed by atoms with Gasteiger partial charge >= 0.3 is 0 Å². The maximum atomic E-state index is 13.6. The number of amides is 3. The Labute approximate surface area is 225 Å². The molecular weight excluding hydrogens is 488 g/mol. The smallest absolute Gasteiger partial charge is 0.245 e. The van der Waals surface area contributed by atoms with E-state index in [2.05, 4.69) is 23.5 Å². The molecule has 4 rings (SSSR count). The van der Waals surface area contributed by atoms with Crippen molar-refractivity contribution in [2.45, 2.75) is 75.3 Å². The molecule has 37 heavy (non-hydrogen) atoms. The molecule has 3 amide bonds. The first-order valence-electron chi connectivity index (χ1n) is 12.9. The van der Waals surface area contributed by atoms with Crippen molar-refractivity contribution in [1.29, 1.82) is 0 Å². The number of aryl methyl sites for hydroxylation is 1. The Bertz CT molecular complexity index is 1110. The molecule has 0 radical (unpaired) electrons. The summed E-state index contributed by atoms with van der Waals surface area (Å²) in [6.07, 6.45) is 4.39. The van der Waals surface area contributed by atoms with Crippen LogP contribution in [-0.2, 0) is 26.2 Å². The van der Waals surface area contributed by atoms with Gasteiger partial charge < -0.3 is 21.7 Å². The Kier molecular flexibility index (Phi) is 9.03. The van der Waals surface area contributed by atoms with E-state index in [-0.39, 0.29) is 41.5 Å². The summed E-state index contributed by atoms with van der Waals surface area (Å²) in [5.41, 5.74) is 14.0. The van der Waals surface area contributed by atoms with Crippen molar-refractivity contribution in [2.24, 2.45) is 11.5 Å². The number of hydrogen-bond acceptors (Lipinski definition) is 4. The first-order chi connectivity index (χ1) is 17.1. The lowest BCUT2D eigenvalue weighted by Gasteiger charge is -2.41. The molecule has 2 aliphatic rings. The number of primary amides is 1. The highest BCUT2D eigenvalue weighted by Gasteiger charge is 2.47. The van der Waals surface area contributed by atoms with E-state index in [1.165, 1.54) is 11.1 Å². The first kappa shape index (κ1) is 28.7. The molecule has 200 valence electrons. The lowest BCUT2D eigenvalue weighted by molar-refractivity contribution is -0.139. The summed E-state index contributed by atoms with van der Waals surface area (Å²) >= 11 is 0.